The van der Waals surface area contributed by atoms with Crippen molar-refractivity contribution in [3.05, 3.63) is 29.5 Å². The summed E-state index contributed by atoms with van der Waals surface area (Å²) in [4.78, 5) is 6.65. The van der Waals surface area contributed by atoms with Crippen LogP contribution in [-0.4, -0.2) is 38.3 Å². The molecule has 0 spiro atoms. The summed E-state index contributed by atoms with van der Waals surface area (Å²) < 4.78 is 5.02. The molecule has 2 aromatic heterocycles. The first-order valence-corrected chi connectivity index (χ1v) is 7.28. The number of nitrogens with two attached hydrogens (primary N) is 1. The number of aromatic nitrogens is 4. The molecule has 0 amide bonds. The minimum atomic E-state index is 0.469. The maximum absolute atomic E-state index is 5.57. The Labute approximate surface area is 123 Å². The quantitative estimate of drug-likeness (QED) is 0.903. The zero-order valence-corrected chi connectivity index (χ0v) is 12.2. The molecule has 0 aliphatic carbocycles. The van der Waals surface area contributed by atoms with Crippen LogP contribution < -0.4 is 5.73 Å². The summed E-state index contributed by atoms with van der Waals surface area (Å²) >= 11 is 0. The zero-order valence-electron chi connectivity index (χ0n) is 12.2. The average molecular weight is 288 g/mol. The van der Waals surface area contributed by atoms with Gasteiger partial charge in [0.2, 0.25) is 5.89 Å². The molecular weight excluding hydrogens is 268 g/mol. The molecule has 2 N–H and O–H groups in total. The van der Waals surface area contributed by atoms with Gasteiger partial charge in [-0.25, -0.2) is 0 Å². The second-order valence-electron chi connectivity index (χ2n) is 5.63. The maximum Gasteiger partial charge on any atom is 0.223 e. The SMILES string of the molecule is Cc1nc(CN2CCCC(Cc3ccc(N)nn3)C2)no1. The molecule has 3 rings (SSSR count). The van der Waals surface area contributed by atoms with Crippen LogP contribution in [0.25, 0.3) is 0 Å². The molecule has 0 aromatic carbocycles. The molecular formula is C14H20N6O. The van der Waals surface area contributed by atoms with Gasteiger partial charge in [-0.1, -0.05) is 5.16 Å². The topological polar surface area (TPSA) is 94.0 Å². The molecule has 1 aliphatic rings. The summed E-state index contributed by atoms with van der Waals surface area (Å²) in [6.07, 6.45) is 3.34. The van der Waals surface area contributed by atoms with Gasteiger partial charge in [-0.2, -0.15) is 10.1 Å². The highest BCUT2D eigenvalue weighted by Gasteiger charge is 2.22. The molecule has 21 heavy (non-hydrogen) atoms. The Kier molecular flexibility index (Phi) is 4.10. The first-order chi connectivity index (χ1) is 10.2. The summed E-state index contributed by atoms with van der Waals surface area (Å²) in [5.41, 5.74) is 6.57. The van der Waals surface area contributed by atoms with Gasteiger partial charge < -0.3 is 10.3 Å². The van der Waals surface area contributed by atoms with E-state index in [0.717, 1.165) is 37.6 Å². The van der Waals surface area contributed by atoms with E-state index >= 15 is 0 Å². The van der Waals surface area contributed by atoms with Crippen molar-refractivity contribution < 1.29 is 4.52 Å². The number of nitrogen functional groups attached to an aromatic ring is 1. The van der Waals surface area contributed by atoms with E-state index in [2.05, 4.69) is 25.2 Å². The van der Waals surface area contributed by atoms with Crippen molar-refractivity contribution in [2.75, 3.05) is 18.8 Å². The van der Waals surface area contributed by atoms with Crippen molar-refractivity contribution >= 4 is 5.82 Å². The van der Waals surface area contributed by atoms with Crippen LogP contribution in [0.4, 0.5) is 5.82 Å². The van der Waals surface area contributed by atoms with E-state index < -0.39 is 0 Å². The van der Waals surface area contributed by atoms with Gasteiger partial charge in [0.15, 0.2) is 5.82 Å². The number of hydrogen-bond donors (Lipinski definition) is 1. The molecule has 1 unspecified atom stereocenters. The number of hydrogen-bond acceptors (Lipinski definition) is 7. The van der Waals surface area contributed by atoms with Gasteiger partial charge >= 0.3 is 0 Å². The summed E-state index contributed by atoms with van der Waals surface area (Å²) in [7, 11) is 0. The van der Waals surface area contributed by atoms with Crippen molar-refractivity contribution in [3.63, 3.8) is 0 Å². The van der Waals surface area contributed by atoms with Crippen LogP contribution in [0.1, 0.15) is 30.3 Å². The molecule has 7 nitrogen and oxygen atoms in total. The molecule has 1 fully saturated rings. The highest BCUT2D eigenvalue weighted by Crippen LogP contribution is 2.21. The van der Waals surface area contributed by atoms with E-state index in [1.807, 2.05) is 19.1 Å². The van der Waals surface area contributed by atoms with Crippen molar-refractivity contribution in [1.29, 1.82) is 0 Å². The highest BCUT2D eigenvalue weighted by molar-refractivity contribution is 5.25. The third kappa shape index (κ3) is 3.75. The summed E-state index contributed by atoms with van der Waals surface area (Å²) in [5, 5.41) is 12.0. The number of nitrogens with zero attached hydrogens (tertiary/aromatic N) is 5. The molecule has 3 heterocycles. The molecule has 7 heteroatoms. The fourth-order valence-corrected chi connectivity index (χ4v) is 2.84. The molecule has 0 radical (unpaired) electrons. The minimum Gasteiger partial charge on any atom is -0.382 e. The Morgan fingerprint density at radius 2 is 2.29 bits per heavy atom. The van der Waals surface area contributed by atoms with Crippen LogP contribution in [0, 0.1) is 12.8 Å². The second kappa shape index (κ2) is 6.17. The lowest BCUT2D eigenvalue weighted by molar-refractivity contribution is 0.161. The first kappa shape index (κ1) is 13.9. The van der Waals surface area contributed by atoms with Crippen LogP contribution >= 0.6 is 0 Å². The molecule has 1 saturated heterocycles. The maximum atomic E-state index is 5.57. The van der Waals surface area contributed by atoms with Crippen molar-refractivity contribution in [2.24, 2.45) is 5.92 Å². The van der Waals surface area contributed by atoms with Crippen LogP contribution in [0.3, 0.4) is 0 Å². The van der Waals surface area contributed by atoms with Crippen molar-refractivity contribution in [2.45, 2.75) is 32.7 Å². The number of anilines is 1. The van der Waals surface area contributed by atoms with Crippen LogP contribution in [0.5, 0.6) is 0 Å². The lowest BCUT2D eigenvalue weighted by Crippen LogP contribution is -2.36. The normalized spacial score (nSPS) is 19.8. The Hall–Kier alpha value is -2.02. The fraction of sp³-hybridized carbons (Fsp3) is 0.571. The molecule has 2 aromatic rings. The van der Waals surface area contributed by atoms with Crippen LogP contribution in [0.2, 0.25) is 0 Å². The van der Waals surface area contributed by atoms with Gasteiger partial charge in [0.25, 0.3) is 0 Å². The Morgan fingerprint density at radius 3 is 3.00 bits per heavy atom. The largest absolute Gasteiger partial charge is 0.382 e. The molecule has 112 valence electrons. The second-order valence-corrected chi connectivity index (χ2v) is 5.63. The zero-order chi connectivity index (χ0) is 14.7. The number of aryl methyl sites for hydroxylation is 1. The Bertz CT molecular complexity index is 581. The fourth-order valence-electron chi connectivity index (χ4n) is 2.84. The predicted molar refractivity (Wildman–Crippen MR) is 77.2 cm³/mol. The van der Waals surface area contributed by atoms with Gasteiger partial charge in [0.05, 0.1) is 12.2 Å². The third-order valence-electron chi connectivity index (χ3n) is 3.78. The van der Waals surface area contributed by atoms with E-state index in [4.69, 9.17) is 10.3 Å². The minimum absolute atomic E-state index is 0.469. The van der Waals surface area contributed by atoms with E-state index in [1.165, 1.54) is 12.8 Å². The van der Waals surface area contributed by atoms with Gasteiger partial charge in [0.1, 0.15) is 5.82 Å². The van der Waals surface area contributed by atoms with Crippen molar-refractivity contribution in [1.82, 2.24) is 25.2 Å². The summed E-state index contributed by atoms with van der Waals surface area (Å²) in [6.45, 7) is 4.67. The number of piperidine rings is 1. The molecule has 1 atom stereocenters. The Balaban J connectivity index is 1.56. The molecule has 0 bridgehead atoms. The lowest BCUT2D eigenvalue weighted by Gasteiger charge is -2.31. The molecule has 0 saturated carbocycles. The number of likely N-dealkylation sites (tertiary alicyclic amines) is 1. The van der Waals surface area contributed by atoms with Crippen LogP contribution in [-0.2, 0) is 13.0 Å². The van der Waals surface area contributed by atoms with Gasteiger partial charge in [0, 0.05) is 13.5 Å². The predicted octanol–water partition coefficient (Wildman–Crippen LogP) is 1.20. The van der Waals surface area contributed by atoms with E-state index in [0.29, 0.717) is 17.6 Å². The highest BCUT2D eigenvalue weighted by atomic mass is 16.5. The van der Waals surface area contributed by atoms with E-state index in [1.54, 1.807) is 0 Å². The first-order valence-electron chi connectivity index (χ1n) is 7.28. The van der Waals surface area contributed by atoms with Crippen LogP contribution in [0.15, 0.2) is 16.7 Å². The van der Waals surface area contributed by atoms with Gasteiger partial charge in [-0.15, -0.1) is 5.10 Å². The third-order valence-corrected chi connectivity index (χ3v) is 3.78. The summed E-state index contributed by atoms with van der Waals surface area (Å²) in [5.74, 6) is 2.44. The monoisotopic (exact) mass is 288 g/mol. The van der Waals surface area contributed by atoms with Gasteiger partial charge in [-0.3, -0.25) is 4.90 Å². The number of rotatable bonds is 4. The van der Waals surface area contributed by atoms with Gasteiger partial charge in [-0.05, 0) is 43.9 Å². The smallest absolute Gasteiger partial charge is 0.223 e. The standard InChI is InChI=1S/C14H20N6O/c1-10-16-14(19-21-10)9-20-6-2-3-11(8-20)7-12-4-5-13(15)18-17-12/h4-5,11H,2-3,6-9H2,1H3,(H2,15,18). The van der Waals surface area contributed by atoms with E-state index in [-0.39, 0.29) is 0 Å². The Morgan fingerprint density at radius 1 is 1.38 bits per heavy atom. The lowest BCUT2D eigenvalue weighted by atomic mass is 9.93. The summed E-state index contributed by atoms with van der Waals surface area (Å²) in [6, 6.07) is 3.77. The van der Waals surface area contributed by atoms with Crippen molar-refractivity contribution in [3.8, 4) is 0 Å². The molecule has 1 aliphatic heterocycles. The average Bonchev–Trinajstić information content (AvgIpc) is 2.87. The van der Waals surface area contributed by atoms with E-state index in [9.17, 15) is 0 Å².